The van der Waals surface area contributed by atoms with E-state index in [0.717, 1.165) is 11.0 Å². The molecule has 7 heteroatoms. The van der Waals surface area contributed by atoms with Gasteiger partial charge in [0.25, 0.3) is 11.7 Å². The first-order valence-corrected chi connectivity index (χ1v) is 7.69. The summed E-state index contributed by atoms with van der Waals surface area (Å²) < 4.78 is 33.0. The van der Waals surface area contributed by atoms with Gasteiger partial charge in [-0.15, -0.1) is 0 Å². The van der Waals surface area contributed by atoms with Crippen LogP contribution >= 0.6 is 0 Å². The first kappa shape index (κ1) is 17.6. The second-order valence-corrected chi connectivity index (χ2v) is 5.78. The van der Waals surface area contributed by atoms with Gasteiger partial charge >= 0.3 is 0 Å². The molecule has 1 aliphatic heterocycles. The Hall–Kier alpha value is -3.22. The molecular weight excluding hydrogens is 344 g/mol. The maximum Gasteiger partial charge on any atom is 0.295 e. The van der Waals surface area contributed by atoms with Gasteiger partial charge < -0.3 is 14.7 Å². The van der Waals surface area contributed by atoms with Crippen molar-refractivity contribution < 1.29 is 28.2 Å². The molecule has 0 radical (unpaired) electrons. The summed E-state index contributed by atoms with van der Waals surface area (Å²) in [5, 5.41) is 10.6. The van der Waals surface area contributed by atoms with E-state index in [1.807, 2.05) is 0 Å². The Morgan fingerprint density at radius 2 is 1.81 bits per heavy atom. The minimum absolute atomic E-state index is 0.0175. The zero-order valence-corrected chi connectivity index (χ0v) is 14.0. The number of likely N-dealkylation sites (tertiary alicyclic amines) is 1. The summed E-state index contributed by atoms with van der Waals surface area (Å²) in [6.07, 6.45) is 0. The number of aliphatic hydroxyl groups excluding tert-OH is 1. The molecule has 1 unspecified atom stereocenters. The molecule has 0 saturated carbocycles. The lowest BCUT2D eigenvalue weighted by atomic mass is 9.95. The first-order chi connectivity index (χ1) is 12.4. The fourth-order valence-electron chi connectivity index (χ4n) is 2.98. The van der Waals surface area contributed by atoms with Crippen LogP contribution in [0.2, 0.25) is 0 Å². The number of rotatable bonds is 3. The van der Waals surface area contributed by atoms with Crippen LogP contribution in [0.1, 0.15) is 17.2 Å². The lowest BCUT2D eigenvalue weighted by Gasteiger charge is -2.21. The van der Waals surface area contributed by atoms with Crippen LogP contribution in [0, 0.1) is 11.6 Å². The van der Waals surface area contributed by atoms with E-state index in [0.29, 0.717) is 0 Å². The molecule has 1 heterocycles. The topological polar surface area (TPSA) is 66.8 Å². The van der Waals surface area contributed by atoms with Crippen molar-refractivity contribution in [2.24, 2.45) is 0 Å². The number of aliphatic hydroxyl groups is 1. The first-order valence-electron chi connectivity index (χ1n) is 7.69. The van der Waals surface area contributed by atoms with Gasteiger partial charge in [-0.2, -0.15) is 0 Å². The van der Waals surface area contributed by atoms with E-state index in [1.165, 1.54) is 44.5 Å². The number of nitrogens with zero attached hydrogens (tertiary/aromatic N) is 1. The summed E-state index contributed by atoms with van der Waals surface area (Å²) in [4.78, 5) is 25.6. The standard InChI is InChI=1S/C19H15F2NO4/c1-22-16(11-5-3-4-6-12(11)20)15(18(24)19(22)25)17(23)10-7-8-14(26-2)13(21)9-10/h3-9,16,23H,1-2H3/b17-15+. The van der Waals surface area contributed by atoms with Gasteiger partial charge in [-0.3, -0.25) is 9.59 Å². The van der Waals surface area contributed by atoms with E-state index in [-0.39, 0.29) is 22.4 Å². The van der Waals surface area contributed by atoms with E-state index in [9.17, 15) is 23.5 Å². The molecular formula is C19H15F2NO4. The zero-order chi connectivity index (χ0) is 19.0. The highest BCUT2D eigenvalue weighted by atomic mass is 19.1. The Bertz CT molecular complexity index is 939. The van der Waals surface area contributed by atoms with Crippen LogP contribution < -0.4 is 4.74 Å². The second kappa shape index (κ2) is 6.59. The Balaban J connectivity index is 2.20. The number of methoxy groups -OCH3 is 1. The Kier molecular flexibility index (Phi) is 4.46. The van der Waals surface area contributed by atoms with Crippen molar-refractivity contribution >= 4 is 17.4 Å². The molecule has 0 spiro atoms. The number of ketones is 1. The fourth-order valence-corrected chi connectivity index (χ4v) is 2.98. The monoisotopic (exact) mass is 359 g/mol. The fraction of sp³-hybridized carbons (Fsp3) is 0.158. The van der Waals surface area contributed by atoms with Crippen LogP contribution in [0.25, 0.3) is 5.76 Å². The molecule has 0 aromatic heterocycles. The van der Waals surface area contributed by atoms with E-state index in [1.54, 1.807) is 6.07 Å². The Morgan fingerprint density at radius 3 is 2.42 bits per heavy atom. The molecule has 1 amide bonds. The van der Waals surface area contributed by atoms with E-state index in [2.05, 4.69) is 0 Å². The van der Waals surface area contributed by atoms with E-state index < -0.39 is 35.1 Å². The number of carbonyl (C=O) groups excluding carboxylic acids is 2. The molecule has 2 aromatic carbocycles. The highest BCUT2D eigenvalue weighted by Crippen LogP contribution is 2.39. The molecule has 1 N–H and O–H groups in total. The third-order valence-electron chi connectivity index (χ3n) is 4.30. The predicted molar refractivity (Wildman–Crippen MR) is 89.4 cm³/mol. The smallest absolute Gasteiger partial charge is 0.295 e. The number of hydrogen-bond acceptors (Lipinski definition) is 4. The number of ether oxygens (including phenoxy) is 1. The molecule has 26 heavy (non-hydrogen) atoms. The number of benzene rings is 2. The summed E-state index contributed by atoms with van der Waals surface area (Å²) in [5.41, 5.74) is -0.256. The van der Waals surface area contributed by atoms with Crippen LogP contribution in [-0.2, 0) is 9.59 Å². The molecule has 1 atom stereocenters. The third-order valence-corrected chi connectivity index (χ3v) is 4.30. The van der Waals surface area contributed by atoms with Crippen LogP contribution in [0.3, 0.4) is 0 Å². The SMILES string of the molecule is COc1ccc(/C(O)=C2\C(=O)C(=O)N(C)C2c2ccccc2F)cc1F. The van der Waals surface area contributed by atoms with Gasteiger partial charge in [-0.1, -0.05) is 18.2 Å². The molecule has 1 fully saturated rings. The molecule has 134 valence electrons. The largest absolute Gasteiger partial charge is 0.507 e. The zero-order valence-electron chi connectivity index (χ0n) is 14.0. The summed E-state index contributed by atoms with van der Waals surface area (Å²) in [6, 6.07) is 8.14. The summed E-state index contributed by atoms with van der Waals surface area (Å²) in [7, 11) is 2.63. The molecule has 0 bridgehead atoms. The summed E-state index contributed by atoms with van der Waals surface area (Å²) >= 11 is 0. The lowest BCUT2D eigenvalue weighted by Crippen LogP contribution is -2.25. The van der Waals surface area contributed by atoms with Crippen molar-refractivity contribution in [1.82, 2.24) is 4.90 Å². The van der Waals surface area contributed by atoms with Gasteiger partial charge in [0.15, 0.2) is 11.6 Å². The number of amides is 1. The van der Waals surface area contributed by atoms with Gasteiger partial charge in [0, 0.05) is 18.2 Å². The number of Topliss-reactive ketones (excluding diaryl/α,β-unsaturated/α-hetero) is 1. The van der Waals surface area contributed by atoms with Crippen molar-refractivity contribution in [3.8, 4) is 5.75 Å². The van der Waals surface area contributed by atoms with Crippen molar-refractivity contribution in [3.63, 3.8) is 0 Å². The van der Waals surface area contributed by atoms with E-state index >= 15 is 0 Å². The number of hydrogen-bond donors (Lipinski definition) is 1. The third kappa shape index (κ3) is 2.71. The van der Waals surface area contributed by atoms with Crippen LogP contribution in [0.5, 0.6) is 5.75 Å². The molecule has 1 saturated heterocycles. The predicted octanol–water partition coefficient (Wildman–Crippen LogP) is 3.02. The number of halogens is 2. The van der Waals surface area contributed by atoms with Crippen LogP contribution in [-0.4, -0.2) is 35.9 Å². The summed E-state index contributed by atoms with van der Waals surface area (Å²) in [5.74, 6) is -3.84. The minimum atomic E-state index is -1.11. The number of likely N-dealkylation sites (N-methyl/N-ethyl adjacent to an activating group) is 1. The average Bonchev–Trinajstić information content (AvgIpc) is 2.85. The van der Waals surface area contributed by atoms with Crippen molar-refractivity contribution in [3.05, 3.63) is 70.8 Å². The van der Waals surface area contributed by atoms with E-state index in [4.69, 9.17) is 4.74 Å². The molecule has 2 aromatic rings. The van der Waals surface area contributed by atoms with Crippen molar-refractivity contribution in [2.45, 2.75) is 6.04 Å². The van der Waals surface area contributed by atoms with Crippen LogP contribution in [0.15, 0.2) is 48.0 Å². The van der Waals surface area contributed by atoms with Gasteiger partial charge in [-0.05, 0) is 24.3 Å². The Labute approximate surface area is 148 Å². The van der Waals surface area contributed by atoms with Crippen molar-refractivity contribution in [1.29, 1.82) is 0 Å². The molecule has 5 nitrogen and oxygen atoms in total. The van der Waals surface area contributed by atoms with Gasteiger partial charge in [0.1, 0.15) is 11.6 Å². The van der Waals surface area contributed by atoms with Gasteiger partial charge in [0.2, 0.25) is 0 Å². The minimum Gasteiger partial charge on any atom is -0.507 e. The van der Waals surface area contributed by atoms with Gasteiger partial charge in [-0.25, -0.2) is 8.78 Å². The van der Waals surface area contributed by atoms with Crippen LogP contribution in [0.4, 0.5) is 8.78 Å². The highest BCUT2D eigenvalue weighted by molar-refractivity contribution is 6.46. The highest BCUT2D eigenvalue weighted by Gasteiger charge is 2.45. The lowest BCUT2D eigenvalue weighted by molar-refractivity contribution is -0.139. The van der Waals surface area contributed by atoms with Gasteiger partial charge in [0.05, 0.1) is 18.7 Å². The Morgan fingerprint density at radius 1 is 1.12 bits per heavy atom. The normalized spacial score (nSPS) is 19.1. The van der Waals surface area contributed by atoms with Crippen molar-refractivity contribution in [2.75, 3.05) is 14.2 Å². The summed E-state index contributed by atoms with van der Waals surface area (Å²) in [6.45, 7) is 0. The average molecular weight is 359 g/mol. The maximum absolute atomic E-state index is 14.2. The quantitative estimate of drug-likeness (QED) is 0.520. The second-order valence-electron chi connectivity index (χ2n) is 5.78. The maximum atomic E-state index is 14.2. The number of carbonyl (C=O) groups is 2. The molecule has 0 aliphatic carbocycles. The molecule has 1 aliphatic rings. The molecule has 3 rings (SSSR count).